The SMILES string of the molecule is COc1ccc(C(=O)NCC2CCC(C(=O)NCc3cccnc3)CC2)cc1OC. The normalized spacial score (nSPS) is 18.3. The highest BCUT2D eigenvalue weighted by Crippen LogP contribution is 2.29. The van der Waals surface area contributed by atoms with Crippen LogP contribution in [0.15, 0.2) is 42.7 Å². The average molecular weight is 412 g/mol. The number of rotatable bonds is 8. The van der Waals surface area contributed by atoms with Gasteiger partial charge in [-0.2, -0.15) is 0 Å². The molecule has 2 N–H and O–H groups in total. The fourth-order valence-corrected chi connectivity index (χ4v) is 3.78. The summed E-state index contributed by atoms with van der Waals surface area (Å²) in [5, 5.41) is 6.01. The zero-order valence-electron chi connectivity index (χ0n) is 17.5. The monoisotopic (exact) mass is 411 g/mol. The van der Waals surface area contributed by atoms with Gasteiger partial charge in [-0.1, -0.05) is 6.07 Å². The smallest absolute Gasteiger partial charge is 0.251 e. The van der Waals surface area contributed by atoms with Crippen molar-refractivity contribution in [1.82, 2.24) is 15.6 Å². The van der Waals surface area contributed by atoms with Gasteiger partial charge in [-0.25, -0.2) is 0 Å². The number of carbonyl (C=O) groups is 2. The first-order valence-electron chi connectivity index (χ1n) is 10.3. The van der Waals surface area contributed by atoms with Crippen LogP contribution in [0.3, 0.4) is 0 Å². The molecule has 7 nitrogen and oxygen atoms in total. The summed E-state index contributed by atoms with van der Waals surface area (Å²) in [5.74, 6) is 1.52. The Balaban J connectivity index is 1.41. The number of nitrogens with zero attached hydrogens (tertiary/aromatic N) is 1. The summed E-state index contributed by atoms with van der Waals surface area (Å²) >= 11 is 0. The van der Waals surface area contributed by atoms with Gasteiger partial charge in [0.05, 0.1) is 14.2 Å². The maximum absolute atomic E-state index is 12.5. The minimum atomic E-state index is -0.132. The summed E-state index contributed by atoms with van der Waals surface area (Å²) in [6.07, 6.45) is 7.02. The third kappa shape index (κ3) is 5.72. The molecule has 2 amide bonds. The van der Waals surface area contributed by atoms with Crippen molar-refractivity contribution in [3.05, 3.63) is 53.9 Å². The number of nitrogens with one attached hydrogen (secondary N) is 2. The van der Waals surface area contributed by atoms with Crippen LogP contribution in [0.5, 0.6) is 11.5 Å². The lowest BCUT2D eigenvalue weighted by Gasteiger charge is -2.28. The van der Waals surface area contributed by atoms with Crippen LogP contribution in [-0.2, 0) is 11.3 Å². The Morgan fingerprint density at radius 1 is 1.03 bits per heavy atom. The van der Waals surface area contributed by atoms with Gasteiger partial charge in [-0.15, -0.1) is 0 Å². The van der Waals surface area contributed by atoms with E-state index < -0.39 is 0 Å². The van der Waals surface area contributed by atoms with E-state index in [2.05, 4.69) is 15.6 Å². The minimum absolute atomic E-state index is 0.0412. The van der Waals surface area contributed by atoms with Crippen LogP contribution in [0, 0.1) is 11.8 Å². The van der Waals surface area contributed by atoms with E-state index in [1.54, 1.807) is 44.8 Å². The van der Waals surface area contributed by atoms with Crippen molar-refractivity contribution in [2.75, 3.05) is 20.8 Å². The molecule has 0 spiro atoms. The molecule has 0 atom stereocenters. The Hall–Kier alpha value is -3.09. The van der Waals surface area contributed by atoms with Crippen molar-refractivity contribution in [1.29, 1.82) is 0 Å². The zero-order chi connectivity index (χ0) is 21.3. The van der Waals surface area contributed by atoms with Crippen LogP contribution in [-0.4, -0.2) is 37.6 Å². The Labute approximate surface area is 177 Å². The van der Waals surface area contributed by atoms with Crippen LogP contribution in [0.2, 0.25) is 0 Å². The van der Waals surface area contributed by atoms with Gasteiger partial charge in [0.15, 0.2) is 11.5 Å². The topological polar surface area (TPSA) is 89.5 Å². The van der Waals surface area contributed by atoms with Crippen molar-refractivity contribution in [2.24, 2.45) is 11.8 Å². The summed E-state index contributed by atoms with van der Waals surface area (Å²) in [4.78, 5) is 29.0. The molecule has 1 aliphatic rings. The van der Waals surface area contributed by atoms with E-state index in [-0.39, 0.29) is 17.7 Å². The van der Waals surface area contributed by atoms with Crippen LogP contribution in [0.25, 0.3) is 0 Å². The summed E-state index contributed by atoms with van der Waals surface area (Å²) < 4.78 is 10.5. The fourth-order valence-electron chi connectivity index (χ4n) is 3.78. The first-order valence-corrected chi connectivity index (χ1v) is 10.3. The van der Waals surface area contributed by atoms with Gasteiger partial charge in [0, 0.05) is 37.0 Å². The molecular weight excluding hydrogens is 382 g/mol. The van der Waals surface area contributed by atoms with E-state index in [0.717, 1.165) is 31.2 Å². The molecule has 3 rings (SSSR count). The molecular formula is C23H29N3O4. The van der Waals surface area contributed by atoms with E-state index in [0.29, 0.717) is 36.1 Å². The standard InChI is InChI=1S/C23H29N3O4/c1-29-20-10-9-19(12-21(20)30-2)23(28)25-14-16-5-7-18(8-6-16)22(27)26-15-17-4-3-11-24-13-17/h3-4,9-13,16,18H,5-8,14-15H2,1-2H3,(H,25,28)(H,26,27). The number of hydrogen-bond donors (Lipinski definition) is 2. The van der Waals surface area contributed by atoms with Crippen molar-refractivity contribution >= 4 is 11.8 Å². The maximum atomic E-state index is 12.5. The molecule has 1 aromatic carbocycles. The molecule has 1 aliphatic carbocycles. The lowest BCUT2D eigenvalue weighted by atomic mass is 9.81. The van der Waals surface area contributed by atoms with E-state index >= 15 is 0 Å². The number of pyridine rings is 1. The predicted molar refractivity (Wildman–Crippen MR) is 113 cm³/mol. The Kier molecular flexibility index (Phi) is 7.65. The van der Waals surface area contributed by atoms with Crippen molar-refractivity contribution in [3.63, 3.8) is 0 Å². The van der Waals surface area contributed by atoms with E-state index in [1.165, 1.54) is 0 Å². The second-order valence-corrected chi connectivity index (χ2v) is 7.58. The van der Waals surface area contributed by atoms with Crippen molar-refractivity contribution < 1.29 is 19.1 Å². The third-order valence-corrected chi connectivity index (χ3v) is 5.60. The number of aromatic nitrogens is 1. The summed E-state index contributed by atoms with van der Waals surface area (Å²) in [5.41, 5.74) is 1.54. The van der Waals surface area contributed by atoms with Gasteiger partial charge in [-0.05, 0) is 61.4 Å². The number of methoxy groups -OCH3 is 2. The highest BCUT2D eigenvalue weighted by Gasteiger charge is 2.26. The molecule has 7 heteroatoms. The highest BCUT2D eigenvalue weighted by atomic mass is 16.5. The van der Waals surface area contributed by atoms with Crippen LogP contribution < -0.4 is 20.1 Å². The molecule has 1 fully saturated rings. The van der Waals surface area contributed by atoms with Crippen LogP contribution >= 0.6 is 0 Å². The molecule has 1 heterocycles. The van der Waals surface area contributed by atoms with E-state index in [9.17, 15) is 9.59 Å². The lowest BCUT2D eigenvalue weighted by molar-refractivity contribution is -0.126. The Bertz CT molecular complexity index is 849. The summed E-state index contributed by atoms with van der Waals surface area (Å²) in [7, 11) is 3.11. The van der Waals surface area contributed by atoms with Crippen molar-refractivity contribution in [2.45, 2.75) is 32.2 Å². The third-order valence-electron chi connectivity index (χ3n) is 5.60. The average Bonchev–Trinajstić information content (AvgIpc) is 2.81. The van der Waals surface area contributed by atoms with E-state index in [1.807, 2.05) is 12.1 Å². The molecule has 1 saturated carbocycles. The van der Waals surface area contributed by atoms with E-state index in [4.69, 9.17) is 9.47 Å². The van der Waals surface area contributed by atoms with Crippen molar-refractivity contribution in [3.8, 4) is 11.5 Å². The number of benzene rings is 1. The number of carbonyl (C=O) groups excluding carboxylic acids is 2. The molecule has 0 radical (unpaired) electrons. The quantitative estimate of drug-likeness (QED) is 0.697. The van der Waals surface area contributed by atoms with Gasteiger partial charge >= 0.3 is 0 Å². The Morgan fingerprint density at radius 2 is 1.80 bits per heavy atom. The largest absolute Gasteiger partial charge is 0.493 e. The number of amides is 2. The zero-order valence-corrected chi connectivity index (χ0v) is 17.5. The molecule has 30 heavy (non-hydrogen) atoms. The van der Waals surface area contributed by atoms with Crippen LogP contribution in [0.1, 0.15) is 41.6 Å². The first kappa shape index (κ1) is 21.6. The second-order valence-electron chi connectivity index (χ2n) is 7.58. The lowest BCUT2D eigenvalue weighted by Crippen LogP contribution is -2.36. The predicted octanol–water partition coefficient (Wildman–Crippen LogP) is 2.95. The number of hydrogen-bond acceptors (Lipinski definition) is 5. The maximum Gasteiger partial charge on any atom is 0.251 e. The molecule has 0 saturated heterocycles. The minimum Gasteiger partial charge on any atom is -0.493 e. The first-order chi connectivity index (χ1) is 14.6. The molecule has 0 bridgehead atoms. The van der Waals surface area contributed by atoms with Crippen LogP contribution in [0.4, 0.5) is 0 Å². The molecule has 2 aromatic rings. The van der Waals surface area contributed by atoms with Gasteiger partial charge in [0.1, 0.15) is 0 Å². The fraction of sp³-hybridized carbons (Fsp3) is 0.435. The highest BCUT2D eigenvalue weighted by molar-refractivity contribution is 5.94. The van der Waals surface area contributed by atoms with Gasteiger partial charge < -0.3 is 20.1 Å². The summed E-state index contributed by atoms with van der Waals surface area (Å²) in [6.45, 7) is 1.12. The van der Waals surface area contributed by atoms with Gasteiger partial charge in [0.25, 0.3) is 5.91 Å². The summed E-state index contributed by atoms with van der Waals surface area (Å²) in [6, 6.07) is 8.94. The molecule has 160 valence electrons. The molecule has 0 unspecified atom stereocenters. The molecule has 0 aliphatic heterocycles. The number of ether oxygens (including phenoxy) is 2. The van der Waals surface area contributed by atoms with Gasteiger partial charge in [-0.3, -0.25) is 14.6 Å². The second kappa shape index (κ2) is 10.6. The molecule has 1 aromatic heterocycles. The Morgan fingerprint density at radius 3 is 2.47 bits per heavy atom. The van der Waals surface area contributed by atoms with Gasteiger partial charge in [0.2, 0.25) is 5.91 Å².